The maximum absolute atomic E-state index is 13.9. The molecule has 31 heavy (non-hydrogen) atoms. The van der Waals surface area contributed by atoms with Crippen molar-refractivity contribution >= 4 is 11.8 Å². The van der Waals surface area contributed by atoms with Crippen LogP contribution in [0.25, 0.3) is 0 Å². The van der Waals surface area contributed by atoms with Gasteiger partial charge in [0.25, 0.3) is 5.91 Å². The van der Waals surface area contributed by atoms with E-state index in [0.29, 0.717) is 6.54 Å². The van der Waals surface area contributed by atoms with Gasteiger partial charge >= 0.3 is 0 Å². The molecule has 2 amide bonds. The van der Waals surface area contributed by atoms with Gasteiger partial charge < -0.3 is 15.2 Å². The Morgan fingerprint density at radius 1 is 1.03 bits per heavy atom. The number of nitrogens with one attached hydrogen (secondary N) is 2. The standard InChI is InChI=1S/C23H24F2N4O2/c1-15(2)21(28-22(30)20-18(24)4-3-5-19(20)25)23(31)27-12-16-6-8-17(9-7-16)13-29-11-10-26-14-29/h3-11,14-15,21H,12-13H2,1-2H3,(H,27,31)(H,28,30). The van der Waals surface area contributed by atoms with Gasteiger partial charge in [-0.3, -0.25) is 9.59 Å². The predicted octanol–water partition coefficient (Wildman–Crippen LogP) is 3.28. The molecule has 2 aromatic carbocycles. The summed E-state index contributed by atoms with van der Waals surface area (Å²) in [5.41, 5.74) is 1.28. The van der Waals surface area contributed by atoms with Gasteiger partial charge in [0.1, 0.15) is 23.2 Å². The Bertz CT molecular complexity index is 1010. The van der Waals surface area contributed by atoms with Crippen LogP contribution in [0.1, 0.15) is 35.3 Å². The average molecular weight is 426 g/mol. The molecule has 0 aliphatic carbocycles. The minimum absolute atomic E-state index is 0.261. The highest BCUT2D eigenvalue weighted by atomic mass is 19.1. The first-order valence-electron chi connectivity index (χ1n) is 9.91. The lowest BCUT2D eigenvalue weighted by atomic mass is 10.0. The fourth-order valence-electron chi connectivity index (χ4n) is 3.12. The Kier molecular flexibility index (Phi) is 7.12. The van der Waals surface area contributed by atoms with E-state index in [9.17, 15) is 18.4 Å². The van der Waals surface area contributed by atoms with Crippen molar-refractivity contribution in [1.82, 2.24) is 20.2 Å². The second kappa shape index (κ2) is 9.97. The number of hydrogen-bond acceptors (Lipinski definition) is 3. The van der Waals surface area contributed by atoms with E-state index in [2.05, 4.69) is 15.6 Å². The van der Waals surface area contributed by atoms with Crippen LogP contribution in [0.2, 0.25) is 0 Å². The van der Waals surface area contributed by atoms with Crippen molar-refractivity contribution in [1.29, 1.82) is 0 Å². The number of carbonyl (C=O) groups is 2. The Morgan fingerprint density at radius 2 is 1.68 bits per heavy atom. The summed E-state index contributed by atoms with van der Waals surface area (Å²) in [4.78, 5) is 29.0. The molecule has 0 spiro atoms. The van der Waals surface area contributed by atoms with Crippen LogP contribution in [-0.2, 0) is 17.9 Å². The molecule has 0 radical (unpaired) electrons. The van der Waals surface area contributed by atoms with Crippen molar-refractivity contribution in [2.45, 2.75) is 33.0 Å². The first-order valence-corrected chi connectivity index (χ1v) is 9.91. The van der Waals surface area contributed by atoms with Crippen LogP contribution in [0.15, 0.2) is 61.2 Å². The van der Waals surface area contributed by atoms with E-state index in [4.69, 9.17) is 0 Å². The van der Waals surface area contributed by atoms with Gasteiger partial charge in [0.05, 0.1) is 6.33 Å². The van der Waals surface area contributed by atoms with Gasteiger partial charge in [-0.1, -0.05) is 44.2 Å². The van der Waals surface area contributed by atoms with Gasteiger partial charge in [0.2, 0.25) is 5.91 Å². The number of nitrogens with zero attached hydrogens (tertiary/aromatic N) is 2. The number of amides is 2. The molecule has 1 atom stereocenters. The fraction of sp³-hybridized carbons (Fsp3) is 0.261. The maximum Gasteiger partial charge on any atom is 0.257 e. The average Bonchev–Trinajstić information content (AvgIpc) is 3.24. The lowest BCUT2D eigenvalue weighted by Crippen LogP contribution is -2.49. The molecular weight excluding hydrogens is 402 g/mol. The second-order valence-electron chi connectivity index (χ2n) is 7.56. The summed E-state index contributed by atoms with van der Waals surface area (Å²) in [6.45, 7) is 4.44. The third-order valence-corrected chi connectivity index (χ3v) is 4.84. The van der Waals surface area contributed by atoms with E-state index in [0.717, 1.165) is 23.3 Å². The van der Waals surface area contributed by atoms with Crippen LogP contribution in [0.3, 0.4) is 0 Å². The number of hydrogen-bond donors (Lipinski definition) is 2. The first-order chi connectivity index (χ1) is 14.8. The van der Waals surface area contributed by atoms with Gasteiger partial charge in [0, 0.05) is 25.5 Å². The third-order valence-electron chi connectivity index (χ3n) is 4.84. The lowest BCUT2D eigenvalue weighted by molar-refractivity contribution is -0.124. The molecule has 162 valence electrons. The number of imidazole rings is 1. The van der Waals surface area contributed by atoms with E-state index < -0.39 is 35.1 Å². The van der Waals surface area contributed by atoms with E-state index in [1.165, 1.54) is 6.07 Å². The number of benzene rings is 2. The molecule has 0 fully saturated rings. The fourth-order valence-corrected chi connectivity index (χ4v) is 3.12. The number of aromatic nitrogens is 2. The van der Waals surface area contributed by atoms with E-state index >= 15 is 0 Å². The van der Waals surface area contributed by atoms with Crippen LogP contribution in [0, 0.1) is 17.6 Å². The Balaban J connectivity index is 1.60. The van der Waals surface area contributed by atoms with Gasteiger partial charge in [-0.2, -0.15) is 0 Å². The van der Waals surface area contributed by atoms with E-state index in [1.54, 1.807) is 26.4 Å². The highest BCUT2D eigenvalue weighted by molar-refractivity contribution is 5.98. The molecule has 0 bridgehead atoms. The quantitative estimate of drug-likeness (QED) is 0.581. The van der Waals surface area contributed by atoms with E-state index in [-0.39, 0.29) is 12.5 Å². The molecule has 1 unspecified atom stereocenters. The summed E-state index contributed by atoms with van der Waals surface area (Å²) < 4.78 is 29.7. The molecule has 2 N–H and O–H groups in total. The van der Waals surface area contributed by atoms with Crippen molar-refractivity contribution in [3.63, 3.8) is 0 Å². The van der Waals surface area contributed by atoms with Crippen LogP contribution >= 0.6 is 0 Å². The zero-order chi connectivity index (χ0) is 22.4. The molecule has 3 aromatic rings. The summed E-state index contributed by atoms with van der Waals surface area (Å²) in [6.07, 6.45) is 5.33. The molecule has 8 heteroatoms. The third kappa shape index (κ3) is 5.75. The summed E-state index contributed by atoms with van der Waals surface area (Å²) >= 11 is 0. The molecule has 0 aliphatic heterocycles. The zero-order valence-corrected chi connectivity index (χ0v) is 17.3. The monoisotopic (exact) mass is 426 g/mol. The number of carbonyl (C=O) groups excluding carboxylic acids is 2. The highest BCUT2D eigenvalue weighted by Crippen LogP contribution is 2.13. The SMILES string of the molecule is CC(C)C(NC(=O)c1c(F)cccc1F)C(=O)NCc1ccc(Cn2ccnc2)cc1. The minimum atomic E-state index is -0.976. The summed E-state index contributed by atoms with van der Waals surface area (Å²) in [5, 5.41) is 5.22. The second-order valence-corrected chi connectivity index (χ2v) is 7.56. The van der Waals surface area contributed by atoms with Crippen molar-refractivity contribution < 1.29 is 18.4 Å². The van der Waals surface area contributed by atoms with Crippen molar-refractivity contribution in [3.8, 4) is 0 Å². The lowest BCUT2D eigenvalue weighted by Gasteiger charge is -2.22. The molecule has 1 heterocycles. The Morgan fingerprint density at radius 3 is 2.26 bits per heavy atom. The van der Waals surface area contributed by atoms with Crippen LogP contribution in [0.4, 0.5) is 8.78 Å². The summed E-state index contributed by atoms with van der Waals surface area (Å²) in [5.74, 6) is -3.63. The predicted molar refractivity (Wildman–Crippen MR) is 112 cm³/mol. The first kappa shape index (κ1) is 22.1. The van der Waals surface area contributed by atoms with Crippen molar-refractivity contribution in [3.05, 3.63) is 89.5 Å². The summed E-state index contributed by atoms with van der Waals surface area (Å²) in [7, 11) is 0. The molecule has 0 saturated carbocycles. The highest BCUT2D eigenvalue weighted by Gasteiger charge is 2.27. The van der Waals surface area contributed by atoms with Crippen molar-refractivity contribution in [2.75, 3.05) is 0 Å². The Hall–Kier alpha value is -3.55. The molecule has 1 aromatic heterocycles. The normalized spacial score (nSPS) is 11.9. The number of rotatable bonds is 8. The molecule has 3 rings (SSSR count). The smallest absolute Gasteiger partial charge is 0.257 e. The molecular formula is C23H24F2N4O2. The molecule has 0 saturated heterocycles. The zero-order valence-electron chi connectivity index (χ0n) is 17.3. The molecule has 6 nitrogen and oxygen atoms in total. The van der Waals surface area contributed by atoms with Gasteiger partial charge in [-0.05, 0) is 29.2 Å². The van der Waals surface area contributed by atoms with Crippen LogP contribution < -0.4 is 10.6 Å². The van der Waals surface area contributed by atoms with Gasteiger partial charge in [-0.25, -0.2) is 13.8 Å². The van der Waals surface area contributed by atoms with Crippen LogP contribution in [-0.4, -0.2) is 27.4 Å². The van der Waals surface area contributed by atoms with E-state index in [1.807, 2.05) is 35.0 Å². The largest absolute Gasteiger partial charge is 0.350 e. The topological polar surface area (TPSA) is 76.0 Å². The Labute approximate surface area is 179 Å². The van der Waals surface area contributed by atoms with Gasteiger partial charge in [-0.15, -0.1) is 0 Å². The van der Waals surface area contributed by atoms with Crippen LogP contribution in [0.5, 0.6) is 0 Å². The maximum atomic E-state index is 13.9. The minimum Gasteiger partial charge on any atom is -0.350 e. The number of halogens is 2. The summed E-state index contributed by atoms with van der Waals surface area (Å²) in [6, 6.07) is 9.97. The van der Waals surface area contributed by atoms with Crippen molar-refractivity contribution in [2.24, 2.45) is 5.92 Å². The molecule has 0 aliphatic rings. The van der Waals surface area contributed by atoms with Gasteiger partial charge in [0.15, 0.2) is 0 Å².